The van der Waals surface area contributed by atoms with E-state index < -0.39 is 5.54 Å². The molecule has 0 unspecified atom stereocenters. The number of carbonyl (C=O) groups excluding carboxylic acids is 1. The zero-order valence-corrected chi connectivity index (χ0v) is 13.6. The zero-order valence-electron chi connectivity index (χ0n) is 13.6. The van der Waals surface area contributed by atoms with Crippen LogP contribution in [-0.2, 0) is 11.2 Å². The van der Waals surface area contributed by atoms with Gasteiger partial charge in [-0.25, -0.2) is 4.68 Å². The van der Waals surface area contributed by atoms with Crippen LogP contribution in [0.3, 0.4) is 0 Å². The van der Waals surface area contributed by atoms with E-state index in [1.807, 2.05) is 48.9 Å². The van der Waals surface area contributed by atoms with Gasteiger partial charge in [0, 0.05) is 11.3 Å². The van der Waals surface area contributed by atoms with Crippen molar-refractivity contribution < 1.29 is 9.90 Å². The second kappa shape index (κ2) is 6.32. The van der Waals surface area contributed by atoms with E-state index in [1.165, 1.54) is 0 Å². The average molecular weight is 301 g/mol. The van der Waals surface area contributed by atoms with Crippen LogP contribution in [0.4, 0.5) is 0 Å². The van der Waals surface area contributed by atoms with Crippen LogP contribution in [0.5, 0.6) is 0 Å². The van der Waals surface area contributed by atoms with Crippen LogP contribution in [0, 0.1) is 13.8 Å². The van der Waals surface area contributed by atoms with Crippen LogP contribution in [0.1, 0.15) is 30.8 Å². The van der Waals surface area contributed by atoms with Crippen LogP contribution < -0.4 is 5.32 Å². The number of rotatable bonds is 5. The molecule has 1 amide bonds. The standard InChI is InChI=1S/C17H23N3O2/c1-12-15(10-16(22)18-17(3,4)11-21)13(2)20(19-12)14-8-6-5-7-9-14/h5-9,21H,10-11H2,1-4H3,(H,18,22). The minimum absolute atomic E-state index is 0.0972. The van der Waals surface area contributed by atoms with Gasteiger partial charge in [0.25, 0.3) is 0 Å². The Hall–Kier alpha value is -2.14. The molecule has 0 aliphatic heterocycles. The van der Waals surface area contributed by atoms with Gasteiger partial charge >= 0.3 is 0 Å². The third-order valence-electron chi connectivity index (χ3n) is 3.65. The van der Waals surface area contributed by atoms with E-state index in [-0.39, 0.29) is 18.9 Å². The molecule has 0 atom stereocenters. The summed E-state index contributed by atoms with van der Waals surface area (Å²) in [4.78, 5) is 12.2. The van der Waals surface area contributed by atoms with Crippen molar-refractivity contribution >= 4 is 5.91 Å². The summed E-state index contributed by atoms with van der Waals surface area (Å²) < 4.78 is 1.86. The van der Waals surface area contributed by atoms with Crippen molar-refractivity contribution in [1.82, 2.24) is 15.1 Å². The number of aromatic nitrogens is 2. The van der Waals surface area contributed by atoms with E-state index in [2.05, 4.69) is 10.4 Å². The van der Waals surface area contributed by atoms with Gasteiger partial charge in [-0.2, -0.15) is 5.10 Å². The largest absolute Gasteiger partial charge is 0.394 e. The summed E-state index contributed by atoms with van der Waals surface area (Å²) in [6.07, 6.45) is 0.258. The Balaban J connectivity index is 2.23. The first-order valence-electron chi connectivity index (χ1n) is 7.36. The van der Waals surface area contributed by atoms with E-state index >= 15 is 0 Å². The third-order valence-corrected chi connectivity index (χ3v) is 3.65. The van der Waals surface area contributed by atoms with Crippen molar-refractivity contribution in [2.24, 2.45) is 0 Å². The molecule has 0 aliphatic rings. The second-order valence-corrected chi connectivity index (χ2v) is 6.16. The number of aryl methyl sites for hydroxylation is 1. The predicted octanol–water partition coefficient (Wildman–Crippen LogP) is 1.92. The van der Waals surface area contributed by atoms with Gasteiger partial charge in [-0.1, -0.05) is 18.2 Å². The van der Waals surface area contributed by atoms with Crippen LogP contribution in [0.15, 0.2) is 30.3 Å². The monoisotopic (exact) mass is 301 g/mol. The fourth-order valence-electron chi connectivity index (χ4n) is 2.37. The maximum absolute atomic E-state index is 12.2. The number of aliphatic hydroxyl groups is 1. The molecule has 0 saturated carbocycles. The van der Waals surface area contributed by atoms with Crippen LogP contribution in [0.2, 0.25) is 0 Å². The Morgan fingerprint density at radius 3 is 2.50 bits per heavy atom. The lowest BCUT2D eigenvalue weighted by Crippen LogP contribution is -2.46. The number of aliphatic hydroxyl groups excluding tert-OH is 1. The molecular weight excluding hydrogens is 278 g/mol. The number of benzene rings is 1. The van der Waals surface area contributed by atoms with Crippen LogP contribution in [-0.4, -0.2) is 32.9 Å². The Bertz CT molecular complexity index is 660. The number of hydrogen-bond acceptors (Lipinski definition) is 3. The van der Waals surface area contributed by atoms with Crippen molar-refractivity contribution in [3.8, 4) is 5.69 Å². The van der Waals surface area contributed by atoms with Gasteiger partial charge in [-0.3, -0.25) is 4.79 Å². The van der Waals surface area contributed by atoms with Gasteiger partial charge in [0.15, 0.2) is 0 Å². The van der Waals surface area contributed by atoms with E-state index in [9.17, 15) is 9.90 Å². The highest BCUT2D eigenvalue weighted by Crippen LogP contribution is 2.18. The smallest absolute Gasteiger partial charge is 0.225 e. The Morgan fingerprint density at radius 1 is 1.27 bits per heavy atom. The maximum atomic E-state index is 12.2. The van der Waals surface area contributed by atoms with Gasteiger partial charge < -0.3 is 10.4 Å². The van der Waals surface area contributed by atoms with Gasteiger partial charge in [-0.15, -0.1) is 0 Å². The van der Waals surface area contributed by atoms with Crippen molar-refractivity contribution in [3.63, 3.8) is 0 Å². The summed E-state index contributed by atoms with van der Waals surface area (Å²) >= 11 is 0. The fraction of sp³-hybridized carbons (Fsp3) is 0.412. The Morgan fingerprint density at radius 2 is 1.91 bits per heavy atom. The van der Waals surface area contributed by atoms with Gasteiger partial charge in [0.1, 0.15) is 0 Å². The number of carbonyl (C=O) groups is 1. The molecule has 1 aromatic carbocycles. The minimum Gasteiger partial charge on any atom is -0.394 e. The second-order valence-electron chi connectivity index (χ2n) is 6.16. The molecule has 0 saturated heterocycles. The SMILES string of the molecule is Cc1nn(-c2ccccc2)c(C)c1CC(=O)NC(C)(C)CO. The Kier molecular flexibility index (Phi) is 4.66. The van der Waals surface area contributed by atoms with Crippen molar-refractivity contribution in [2.45, 2.75) is 39.7 Å². The first kappa shape index (κ1) is 16.2. The fourth-order valence-corrected chi connectivity index (χ4v) is 2.37. The van der Waals surface area contributed by atoms with Gasteiger partial charge in [0.05, 0.1) is 29.9 Å². The number of nitrogens with zero attached hydrogens (tertiary/aromatic N) is 2. The first-order chi connectivity index (χ1) is 10.3. The molecule has 0 fully saturated rings. The lowest BCUT2D eigenvalue weighted by molar-refractivity contribution is -0.122. The number of nitrogens with one attached hydrogen (secondary N) is 1. The summed E-state index contributed by atoms with van der Waals surface area (Å²) in [7, 11) is 0. The molecule has 1 aromatic heterocycles. The number of hydrogen-bond donors (Lipinski definition) is 2. The van der Waals surface area contributed by atoms with E-state index in [4.69, 9.17) is 0 Å². The molecule has 0 bridgehead atoms. The quantitative estimate of drug-likeness (QED) is 0.886. The van der Waals surface area contributed by atoms with E-state index in [0.717, 1.165) is 22.6 Å². The molecule has 5 heteroatoms. The van der Waals surface area contributed by atoms with Crippen molar-refractivity contribution in [1.29, 1.82) is 0 Å². The highest BCUT2D eigenvalue weighted by molar-refractivity contribution is 5.79. The molecule has 118 valence electrons. The summed E-state index contributed by atoms with van der Waals surface area (Å²) in [5.41, 5.74) is 3.09. The van der Waals surface area contributed by atoms with E-state index in [1.54, 1.807) is 13.8 Å². The molecule has 2 aromatic rings. The van der Waals surface area contributed by atoms with Crippen LogP contribution >= 0.6 is 0 Å². The highest BCUT2D eigenvalue weighted by Gasteiger charge is 2.21. The molecular formula is C17H23N3O2. The maximum Gasteiger partial charge on any atom is 0.225 e. The first-order valence-corrected chi connectivity index (χ1v) is 7.36. The van der Waals surface area contributed by atoms with Crippen molar-refractivity contribution in [2.75, 3.05) is 6.61 Å². The molecule has 1 heterocycles. The average Bonchev–Trinajstić information content (AvgIpc) is 2.76. The topological polar surface area (TPSA) is 67.2 Å². The van der Waals surface area contributed by atoms with Gasteiger partial charge in [-0.05, 0) is 39.8 Å². The molecule has 22 heavy (non-hydrogen) atoms. The highest BCUT2D eigenvalue weighted by atomic mass is 16.3. The summed E-state index contributed by atoms with van der Waals surface area (Å²) in [5, 5.41) is 16.6. The van der Waals surface area contributed by atoms with Crippen LogP contribution in [0.25, 0.3) is 5.69 Å². The molecule has 2 rings (SSSR count). The summed E-state index contributed by atoms with van der Waals surface area (Å²) in [6.45, 7) is 7.36. The summed E-state index contributed by atoms with van der Waals surface area (Å²) in [6, 6.07) is 9.85. The summed E-state index contributed by atoms with van der Waals surface area (Å²) in [5.74, 6) is -0.113. The number of para-hydroxylation sites is 1. The van der Waals surface area contributed by atoms with Gasteiger partial charge in [0.2, 0.25) is 5.91 Å². The lowest BCUT2D eigenvalue weighted by atomic mass is 10.1. The lowest BCUT2D eigenvalue weighted by Gasteiger charge is -2.23. The molecule has 5 nitrogen and oxygen atoms in total. The Labute approximate surface area is 131 Å². The zero-order chi connectivity index (χ0) is 16.3. The molecule has 0 aliphatic carbocycles. The molecule has 2 N–H and O–H groups in total. The molecule has 0 radical (unpaired) electrons. The third kappa shape index (κ3) is 3.54. The predicted molar refractivity (Wildman–Crippen MR) is 86.0 cm³/mol. The van der Waals surface area contributed by atoms with Crippen molar-refractivity contribution in [3.05, 3.63) is 47.3 Å². The minimum atomic E-state index is -0.617. The number of amides is 1. The van der Waals surface area contributed by atoms with E-state index in [0.29, 0.717) is 0 Å². The molecule has 0 spiro atoms. The normalized spacial score (nSPS) is 11.5.